The van der Waals surface area contributed by atoms with Gasteiger partial charge in [-0.25, -0.2) is 0 Å². The Morgan fingerprint density at radius 1 is 1.00 bits per heavy atom. The van der Waals surface area contributed by atoms with E-state index in [4.69, 9.17) is 0 Å². The van der Waals surface area contributed by atoms with Crippen molar-refractivity contribution in [2.75, 3.05) is 0 Å². The number of hydrogen-bond acceptors (Lipinski definition) is 0. The Balaban J connectivity index is 2.22. The molecule has 0 unspecified atom stereocenters. The lowest BCUT2D eigenvalue weighted by Gasteiger charge is -2.09. The number of rotatable bonds is 1. The van der Waals surface area contributed by atoms with Crippen LogP contribution in [0.3, 0.4) is 0 Å². The van der Waals surface area contributed by atoms with Crippen LogP contribution in [0.4, 0.5) is 0 Å². The maximum absolute atomic E-state index is 3.81. The molecule has 16 heavy (non-hydrogen) atoms. The summed E-state index contributed by atoms with van der Waals surface area (Å²) in [6, 6.07) is 10.6. The quantitative estimate of drug-likeness (QED) is 0.631. The molecule has 0 spiro atoms. The van der Waals surface area contributed by atoms with E-state index in [1.54, 1.807) is 0 Å². The summed E-state index contributed by atoms with van der Waals surface area (Å²) in [5.74, 6) is 0. The fourth-order valence-corrected chi connectivity index (χ4v) is 2.22. The smallest absolute Gasteiger partial charge is 0.187 e. The minimum Gasteiger partial charge on any atom is -0.187 e. The molecule has 0 saturated carbocycles. The first-order chi connectivity index (χ1) is 7.88. The lowest BCUT2D eigenvalue weighted by Crippen LogP contribution is -2.53. The third kappa shape index (κ3) is 1.34. The number of pyridine rings is 2. The second kappa shape index (κ2) is 3.56. The minimum absolute atomic E-state index is 1.03. The Bertz CT molecular complexity index is 558. The van der Waals surface area contributed by atoms with Crippen LogP contribution in [-0.2, 0) is 13.1 Å². The van der Waals surface area contributed by atoms with Crippen LogP contribution in [0.5, 0.6) is 0 Å². The average Bonchev–Trinajstić information content (AvgIpc) is 2.38. The van der Waals surface area contributed by atoms with Crippen LogP contribution in [0.1, 0.15) is 5.56 Å². The first-order valence-electron chi connectivity index (χ1n) is 5.53. The molecule has 0 atom stereocenters. The van der Waals surface area contributed by atoms with E-state index < -0.39 is 0 Å². The largest absolute Gasteiger partial charge is 0.277 e. The van der Waals surface area contributed by atoms with Crippen molar-refractivity contribution in [1.29, 1.82) is 0 Å². The van der Waals surface area contributed by atoms with E-state index in [1.165, 1.54) is 17.0 Å². The van der Waals surface area contributed by atoms with Gasteiger partial charge in [0.2, 0.25) is 13.1 Å². The zero-order valence-electron chi connectivity index (χ0n) is 9.13. The molecule has 2 aromatic rings. The van der Waals surface area contributed by atoms with Crippen LogP contribution in [0, 0.1) is 0 Å². The molecule has 1 aliphatic heterocycles. The average molecular weight is 210 g/mol. The number of nitrogens with zero attached hydrogens (tertiary/aromatic N) is 2. The summed E-state index contributed by atoms with van der Waals surface area (Å²) in [5, 5.41) is 0. The van der Waals surface area contributed by atoms with E-state index in [0.29, 0.717) is 0 Å². The molecular formula is C14H14N2+2. The summed E-state index contributed by atoms with van der Waals surface area (Å²) in [7, 11) is 0. The van der Waals surface area contributed by atoms with Crippen LogP contribution < -0.4 is 9.13 Å². The number of aromatic nitrogens is 2. The summed E-state index contributed by atoms with van der Waals surface area (Å²) in [6.07, 6.45) is 6.19. The van der Waals surface area contributed by atoms with Gasteiger partial charge in [-0.2, -0.15) is 9.13 Å². The summed E-state index contributed by atoms with van der Waals surface area (Å²) < 4.78 is 4.59. The van der Waals surface area contributed by atoms with Crippen molar-refractivity contribution in [3.05, 3.63) is 54.9 Å². The standard InChI is InChI=1S/C14H14N2/c1-2-12-6-7-14-13-5-3-4-8-15(13)9-10-16(14)11-12/h2-8,11H,1,9-10H2/q+2. The van der Waals surface area contributed by atoms with Crippen LogP contribution in [0.15, 0.2) is 49.3 Å². The molecule has 0 N–H and O–H groups in total. The lowest BCUT2D eigenvalue weighted by molar-refractivity contribution is -0.794. The Morgan fingerprint density at radius 2 is 1.81 bits per heavy atom. The minimum atomic E-state index is 1.03. The topological polar surface area (TPSA) is 7.76 Å². The Labute approximate surface area is 95.1 Å². The highest BCUT2D eigenvalue weighted by Gasteiger charge is 2.28. The molecule has 0 amide bonds. The van der Waals surface area contributed by atoms with E-state index >= 15 is 0 Å². The zero-order chi connectivity index (χ0) is 11.0. The summed E-state index contributed by atoms with van der Waals surface area (Å²) in [4.78, 5) is 0. The second-order valence-corrected chi connectivity index (χ2v) is 4.02. The fraction of sp³-hybridized carbons (Fsp3) is 0.143. The van der Waals surface area contributed by atoms with E-state index in [2.05, 4.69) is 58.4 Å². The first kappa shape index (κ1) is 9.28. The van der Waals surface area contributed by atoms with Gasteiger partial charge in [-0.15, -0.1) is 0 Å². The van der Waals surface area contributed by atoms with Gasteiger partial charge in [0.1, 0.15) is 0 Å². The van der Waals surface area contributed by atoms with Gasteiger partial charge in [0.05, 0.1) is 0 Å². The first-order valence-corrected chi connectivity index (χ1v) is 5.53. The van der Waals surface area contributed by atoms with E-state index in [1.807, 2.05) is 6.08 Å². The monoisotopic (exact) mass is 210 g/mol. The van der Waals surface area contributed by atoms with Crippen LogP contribution in [-0.4, -0.2) is 0 Å². The lowest BCUT2D eigenvalue weighted by atomic mass is 10.1. The number of hydrogen-bond donors (Lipinski definition) is 0. The van der Waals surface area contributed by atoms with Crippen molar-refractivity contribution in [2.45, 2.75) is 13.1 Å². The highest BCUT2D eigenvalue weighted by atomic mass is 15.1. The van der Waals surface area contributed by atoms with Gasteiger partial charge in [0, 0.05) is 23.8 Å². The van der Waals surface area contributed by atoms with Crippen molar-refractivity contribution < 1.29 is 9.13 Å². The summed E-state index contributed by atoms with van der Waals surface area (Å²) in [5.41, 5.74) is 3.73. The molecule has 0 aliphatic carbocycles. The van der Waals surface area contributed by atoms with Crippen molar-refractivity contribution in [2.24, 2.45) is 0 Å². The maximum Gasteiger partial charge on any atom is 0.277 e. The molecular weight excluding hydrogens is 196 g/mol. The van der Waals surface area contributed by atoms with Crippen LogP contribution in [0.2, 0.25) is 0 Å². The molecule has 0 saturated heterocycles. The van der Waals surface area contributed by atoms with Crippen molar-refractivity contribution in [3.63, 3.8) is 0 Å². The molecule has 0 bridgehead atoms. The highest BCUT2D eigenvalue weighted by molar-refractivity contribution is 5.51. The van der Waals surface area contributed by atoms with Crippen LogP contribution in [0.25, 0.3) is 17.5 Å². The number of aryl methyl sites for hydroxylation is 2. The molecule has 2 heteroatoms. The van der Waals surface area contributed by atoms with Gasteiger partial charge in [-0.05, 0) is 12.1 Å². The Kier molecular flexibility index (Phi) is 2.07. The van der Waals surface area contributed by atoms with Gasteiger partial charge >= 0.3 is 0 Å². The highest BCUT2D eigenvalue weighted by Crippen LogP contribution is 2.14. The molecule has 2 aromatic heterocycles. The zero-order valence-corrected chi connectivity index (χ0v) is 9.13. The van der Waals surface area contributed by atoms with E-state index in [-0.39, 0.29) is 0 Å². The van der Waals surface area contributed by atoms with Gasteiger partial charge in [0.25, 0.3) is 11.4 Å². The molecule has 78 valence electrons. The second-order valence-electron chi connectivity index (χ2n) is 4.02. The molecule has 3 heterocycles. The molecule has 0 aromatic carbocycles. The van der Waals surface area contributed by atoms with Gasteiger partial charge < -0.3 is 0 Å². The SMILES string of the molecule is C=Cc1ccc2[n+](c1)CC[n+]1ccccc1-2. The van der Waals surface area contributed by atoms with Gasteiger partial charge in [-0.3, -0.25) is 0 Å². The molecule has 0 radical (unpaired) electrons. The molecule has 2 nitrogen and oxygen atoms in total. The summed E-state index contributed by atoms with van der Waals surface area (Å²) in [6.45, 7) is 5.87. The normalized spacial score (nSPS) is 12.8. The third-order valence-electron chi connectivity index (χ3n) is 3.07. The Morgan fingerprint density at radius 3 is 2.69 bits per heavy atom. The Hall–Kier alpha value is -1.96. The molecule has 1 aliphatic rings. The predicted molar refractivity (Wildman–Crippen MR) is 62.4 cm³/mol. The van der Waals surface area contributed by atoms with E-state index in [9.17, 15) is 0 Å². The predicted octanol–water partition coefficient (Wildman–Crippen LogP) is 1.59. The fourth-order valence-electron chi connectivity index (χ4n) is 2.22. The third-order valence-corrected chi connectivity index (χ3v) is 3.07. The molecule has 3 rings (SSSR count). The van der Waals surface area contributed by atoms with E-state index in [0.717, 1.165) is 13.1 Å². The van der Waals surface area contributed by atoms with Gasteiger partial charge in [-0.1, -0.05) is 12.7 Å². The van der Waals surface area contributed by atoms with Crippen molar-refractivity contribution >= 4 is 6.08 Å². The van der Waals surface area contributed by atoms with Gasteiger partial charge in [0.15, 0.2) is 12.4 Å². The maximum atomic E-state index is 3.81. The molecule has 0 fully saturated rings. The van der Waals surface area contributed by atoms with Crippen molar-refractivity contribution in [1.82, 2.24) is 0 Å². The van der Waals surface area contributed by atoms with Crippen molar-refractivity contribution in [3.8, 4) is 11.4 Å². The van der Waals surface area contributed by atoms with Crippen LogP contribution >= 0.6 is 0 Å². The summed E-state index contributed by atoms with van der Waals surface area (Å²) >= 11 is 0. The number of fused-ring (bicyclic) bond motifs is 3.